The molecule has 0 N–H and O–H groups in total. The van der Waals surface area contributed by atoms with E-state index < -0.39 is 0 Å². The van der Waals surface area contributed by atoms with E-state index >= 15 is 0 Å². The quantitative estimate of drug-likeness (QED) is 0.814. The van der Waals surface area contributed by atoms with Gasteiger partial charge in [0.15, 0.2) is 0 Å². The Bertz CT molecular complexity index is 415. The van der Waals surface area contributed by atoms with Gasteiger partial charge in [-0.25, -0.2) is 0 Å². The SMILES string of the molecule is CCOc1ccc(C(C#N)CN2CCCCC2)cc1. The van der Waals surface area contributed by atoms with Crippen molar-refractivity contribution in [2.45, 2.75) is 32.1 Å². The van der Waals surface area contributed by atoms with Crippen LogP contribution in [0.15, 0.2) is 24.3 Å². The third kappa shape index (κ3) is 3.97. The lowest BCUT2D eigenvalue weighted by molar-refractivity contribution is 0.225. The largest absolute Gasteiger partial charge is 0.494 e. The highest BCUT2D eigenvalue weighted by atomic mass is 16.5. The Morgan fingerprint density at radius 2 is 1.89 bits per heavy atom. The third-order valence-corrected chi connectivity index (χ3v) is 3.64. The summed E-state index contributed by atoms with van der Waals surface area (Å²) in [6.45, 7) is 5.77. The highest BCUT2D eigenvalue weighted by Gasteiger charge is 2.17. The lowest BCUT2D eigenvalue weighted by Gasteiger charge is -2.28. The van der Waals surface area contributed by atoms with Gasteiger partial charge in [0.2, 0.25) is 0 Å². The number of rotatable bonds is 5. The van der Waals surface area contributed by atoms with Crippen LogP contribution in [0, 0.1) is 11.3 Å². The van der Waals surface area contributed by atoms with Gasteiger partial charge >= 0.3 is 0 Å². The van der Waals surface area contributed by atoms with Crippen LogP contribution in [-0.4, -0.2) is 31.1 Å². The monoisotopic (exact) mass is 258 g/mol. The molecule has 102 valence electrons. The molecule has 1 aliphatic heterocycles. The van der Waals surface area contributed by atoms with Crippen LogP contribution in [0.2, 0.25) is 0 Å². The van der Waals surface area contributed by atoms with Gasteiger partial charge in [0, 0.05) is 6.54 Å². The van der Waals surface area contributed by atoms with E-state index in [4.69, 9.17) is 4.74 Å². The summed E-state index contributed by atoms with van der Waals surface area (Å²) in [6, 6.07) is 10.4. The first-order valence-corrected chi connectivity index (χ1v) is 7.18. The van der Waals surface area contributed by atoms with Crippen molar-refractivity contribution in [1.82, 2.24) is 4.90 Å². The molecule has 0 spiro atoms. The minimum Gasteiger partial charge on any atom is -0.494 e. The minimum atomic E-state index is -0.0335. The normalized spacial score (nSPS) is 17.7. The number of nitrogens with zero attached hydrogens (tertiary/aromatic N) is 2. The molecule has 0 saturated carbocycles. The van der Waals surface area contributed by atoms with Crippen LogP contribution < -0.4 is 4.74 Å². The molecular formula is C16H22N2O. The zero-order chi connectivity index (χ0) is 13.5. The van der Waals surface area contributed by atoms with E-state index in [9.17, 15) is 5.26 Å². The Balaban J connectivity index is 1.98. The summed E-state index contributed by atoms with van der Waals surface area (Å²) in [6.07, 6.45) is 3.86. The van der Waals surface area contributed by atoms with Crippen LogP contribution in [0.1, 0.15) is 37.7 Å². The molecule has 0 bridgehead atoms. The van der Waals surface area contributed by atoms with Crippen molar-refractivity contribution in [1.29, 1.82) is 5.26 Å². The van der Waals surface area contributed by atoms with E-state index in [0.717, 1.165) is 30.9 Å². The fraction of sp³-hybridized carbons (Fsp3) is 0.562. The Morgan fingerprint density at radius 3 is 2.47 bits per heavy atom. The van der Waals surface area contributed by atoms with Gasteiger partial charge in [-0.05, 0) is 50.6 Å². The summed E-state index contributed by atoms with van der Waals surface area (Å²) in [7, 11) is 0. The van der Waals surface area contributed by atoms with Gasteiger partial charge in [-0.15, -0.1) is 0 Å². The molecule has 1 heterocycles. The molecule has 0 amide bonds. The zero-order valence-corrected chi connectivity index (χ0v) is 11.6. The summed E-state index contributed by atoms with van der Waals surface area (Å²) in [5, 5.41) is 9.37. The van der Waals surface area contributed by atoms with Crippen LogP contribution in [0.3, 0.4) is 0 Å². The number of ether oxygens (including phenoxy) is 1. The van der Waals surface area contributed by atoms with Crippen molar-refractivity contribution in [3.05, 3.63) is 29.8 Å². The molecule has 1 unspecified atom stereocenters. The topological polar surface area (TPSA) is 36.3 Å². The molecule has 1 aromatic carbocycles. The zero-order valence-electron chi connectivity index (χ0n) is 11.6. The fourth-order valence-electron chi connectivity index (χ4n) is 2.58. The molecule has 19 heavy (non-hydrogen) atoms. The maximum absolute atomic E-state index is 9.37. The Hall–Kier alpha value is -1.53. The van der Waals surface area contributed by atoms with E-state index in [1.807, 2.05) is 31.2 Å². The maximum Gasteiger partial charge on any atom is 0.119 e. The highest BCUT2D eigenvalue weighted by Crippen LogP contribution is 2.21. The summed E-state index contributed by atoms with van der Waals surface area (Å²) in [5.74, 6) is 0.842. The van der Waals surface area contributed by atoms with Gasteiger partial charge in [-0.1, -0.05) is 18.6 Å². The number of benzene rings is 1. The average molecular weight is 258 g/mol. The lowest BCUT2D eigenvalue weighted by atomic mass is 9.99. The summed E-state index contributed by atoms with van der Waals surface area (Å²) in [5.41, 5.74) is 1.09. The third-order valence-electron chi connectivity index (χ3n) is 3.64. The van der Waals surface area contributed by atoms with Crippen molar-refractivity contribution < 1.29 is 4.74 Å². The van der Waals surface area contributed by atoms with Crippen LogP contribution in [0.5, 0.6) is 5.75 Å². The summed E-state index contributed by atoms with van der Waals surface area (Å²) >= 11 is 0. The first-order valence-electron chi connectivity index (χ1n) is 7.18. The Morgan fingerprint density at radius 1 is 1.21 bits per heavy atom. The molecule has 1 atom stereocenters. The lowest BCUT2D eigenvalue weighted by Crippen LogP contribution is -2.33. The molecule has 1 fully saturated rings. The molecular weight excluding hydrogens is 236 g/mol. The van der Waals surface area contributed by atoms with E-state index in [-0.39, 0.29) is 5.92 Å². The van der Waals surface area contributed by atoms with Crippen LogP contribution in [0.4, 0.5) is 0 Å². The molecule has 1 saturated heterocycles. The molecule has 1 aliphatic rings. The minimum absolute atomic E-state index is 0.0335. The predicted molar refractivity (Wildman–Crippen MR) is 76.3 cm³/mol. The molecule has 1 aromatic rings. The van der Waals surface area contributed by atoms with Gasteiger partial charge in [-0.3, -0.25) is 0 Å². The van der Waals surface area contributed by atoms with Crippen molar-refractivity contribution >= 4 is 0 Å². The van der Waals surface area contributed by atoms with E-state index in [2.05, 4.69) is 11.0 Å². The number of piperidine rings is 1. The summed E-state index contributed by atoms with van der Waals surface area (Å²) < 4.78 is 5.43. The van der Waals surface area contributed by atoms with Gasteiger partial charge in [0.05, 0.1) is 18.6 Å². The second-order valence-corrected chi connectivity index (χ2v) is 5.05. The van der Waals surface area contributed by atoms with Gasteiger partial charge in [0.25, 0.3) is 0 Å². The first-order chi connectivity index (χ1) is 9.33. The molecule has 0 radical (unpaired) electrons. The smallest absolute Gasteiger partial charge is 0.119 e. The van der Waals surface area contributed by atoms with E-state index in [0.29, 0.717) is 6.61 Å². The van der Waals surface area contributed by atoms with Gasteiger partial charge in [0.1, 0.15) is 5.75 Å². The molecule has 3 nitrogen and oxygen atoms in total. The second kappa shape index (κ2) is 7.16. The second-order valence-electron chi connectivity index (χ2n) is 5.05. The van der Waals surface area contributed by atoms with Gasteiger partial charge < -0.3 is 9.64 Å². The molecule has 2 rings (SSSR count). The highest BCUT2D eigenvalue weighted by molar-refractivity contribution is 5.32. The van der Waals surface area contributed by atoms with Crippen molar-refractivity contribution in [3.8, 4) is 11.8 Å². The van der Waals surface area contributed by atoms with E-state index in [1.165, 1.54) is 19.3 Å². The van der Waals surface area contributed by atoms with Crippen molar-refractivity contribution in [2.24, 2.45) is 0 Å². The molecule has 0 aromatic heterocycles. The maximum atomic E-state index is 9.37. The number of hydrogen-bond donors (Lipinski definition) is 0. The van der Waals surface area contributed by atoms with Crippen molar-refractivity contribution in [2.75, 3.05) is 26.2 Å². The van der Waals surface area contributed by atoms with Gasteiger partial charge in [-0.2, -0.15) is 5.26 Å². The van der Waals surface area contributed by atoms with Crippen molar-refractivity contribution in [3.63, 3.8) is 0 Å². The fourth-order valence-corrected chi connectivity index (χ4v) is 2.58. The first kappa shape index (κ1) is 13.9. The molecule has 0 aliphatic carbocycles. The average Bonchev–Trinajstić information content (AvgIpc) is 2.47. The number of nitriles is 1. The van der Waals surface area contributed by atoms with Crippen LogP contribution in [-0.2, 0) is 0 Å². The Labute approximate surface area is 115 Å². The standard InChI is InChI=1S/C16H22N2O/c1-2-19-16-8-6-14(7-9-16)15(12-17)13-18-10-4-3-5-11-18/h6-9,15H,2-5,10-11,13H2,1H3. The Kier molecular flexibility index (Phi) is 5.23. The van der Waals surface area contributed by atoms with Crippen LogP contribution >= 0.6 is 0 Å². The number of likely N-dealkylation sites (tertiary alicyclic amines) is 1. The van der Waals surface area contributed by atoms with Crippen LogP contribution in [0.25, 0.3) is 0 Å². The predicted octanol–water partition coefficient (Wildman–Crippen LogP) is 3.18. The molecule has 3 heteroatoms. The van der Waals surface area contributed by atoms with E-state index in [1.54, 1.807) is 0 Å². The number of hydrogen-bond acceptors (Lipinski definition) is 3. The summed E-state index contributed by atoms with van der Waals surface area (Å²) in [4.78, 5) is 2.41.